The third-order valence-corrected chi connectivity index (χ3v) is 4.62. The van der Waals surface area contributed by atoms with E-state index in [0.29, 0.717) is 37.0 Å². The maximum atomic E-state index is 12.4. The number of aryl methyl sites for hydroxylation is 1. The van der Waals surface area contributed by atoms with Gasteiger partial charge < -0.3 is 14.6 Å². The van der Waals surface area contributed by atoms with Gasteiger partial charge in [0.2, 0.25) is 5.91 Å². The molecule has 1 saturated heterocycles. The molecule has 2 aromatic heterocycles. The van der Waals surface area contributed by atoms with Crippen LogP contribution in [-0.4, -0.2) is 44.8 Å². The van der Waals surface area contributed by atoms with Crippen LogP contribution >= 0.6 is 0 Å². The molecule has 0 radical (unpaired) electrons. The van der Waals surface area contributed by atoms with Gasteiger partial charge in [0.25, 0.3) is 5.91 Å². The number of hydrogen-bond acceptors (Lipinski definition) is 6. The van der Waals surface area contributed by atoms with Crippen molar-refractivity contribution in [3.63, 3.8) is 0 Å². The molecule has 0 atom stereocenters. The highest BCUT2D eigenvalue weighted by atomic mass is 16.3. The molecule has 8 heteroatoms. The molecule has 0 saturated carbocycles. The molecule has 0 aliphatic carbocycles. The van der Waals surface area contributed by atoms with Gasteiger partial charge in [0.05, 0.1) is 24.1 Å². The standard InChI is InChI=1S/C18H23N5O3/c1-12-17(22-11-26-12)18(25)23-5-3-14(4-6-23)7-15-8-21-16(10-20-15)9-19-13(2)24/h8,10-11,14H,3-7,9H2,1-2H3,(H,19,24). The zero-order valence-electron chi connectivity index (χ0n) is 15.1. The van der Waals surface area contributed by atoms with Crippen molar-refractivity contribution in [2.45, 2.75) is 39.7 Å². The molecule has 26 heavy (non-hydrogen) atoms. The van der Waals surface area contributed by atoms with Crippen LogP contribution in [0.2, 0.25) is 0 Å². The van der Waals surface area contributed by atoms with E-state index in [9.17, 15) is 9.59 Å². The number of nitrogens with one attached hydrogen (secondary N) is 1. The highest BCUT2D eigenvalue weighted by Gasteiger charge is 2.26. The van der Waals surface area contributed by atoms with Crippen molar-refractivity contribution in [1.29, 1.82) is 0 Å². The summed E-state index contributed by atoms with van der Waals surface area (Å²) in [7, 11) is 0. The lowest BCUT2D eigenvalue weighted by Gasteiger charge is -2.31. The van der Waals surface area contributed by atoms with Crippen LogP contribution in [0, 0.1) is 12.8 Å². The van der Waals surface area contributed by atoms with Gasteiger partial charge in [-0.1, -0.05) is 0 Å². The average molecular weight is 357 g/mol. The minimum atomic E-state index is -0.0852. The van der Waals surface area contributed by atoms with E-state index in [4.69, 9.17) is 4.42 Å². The Hall–Kier alpha value is -2.77. The number of amides is 2. The van der Waals surface area contributed by atoms with Crippen LogP contribution in [0.15, 0.2) is 23.2 Å². The Morgan fingerprint density at radius 2 is 1.88 bits per heavy atom. The molecule has 2 amide bonds. The zero-order chi connectivity index (χ0) is 18.5. The summed E-state index contributed by atoms with van der Waals surface area (Å²) < 4.78 is 5.12. The van der Waals surface area contributed by atoms with Crippen LogP contribution in [0.1, 0.15) is 47.4 Å². The van der Waals surface area contributed by atoms with E-state index in [1.807, 2.05) is 4.90 Å². The van der Waals surface area contributed by atoms with Crippen molar-refractivity contribution in [3.8, 4) is 0 Å². The monoisotopic (exact) mass is 357 g/mol. The van der Waals surface area contributed by atoms with Crippen molar-refractivity contribution >= 4 is 11.8 Å². The molecule has 3 rings (SSSR count). The van der Waals surface area contributed by atoms with Gasteiger partial charge in [-0.15, -0.1) is 0 Å². The first-order valence-electron chi connectivity index (χ1n) is 8.76. The molecule has 138 valence electrons. The van der Waals surface area contributed by atoms with Gasteiger partial charge >= 0.3 is 0 Å². The second-order valence-electron chi connectivity index (χ2n) is 6.61. The van der Waals surface area contributed by atoms with Gasteiger partial charge in [0.1, 0.15) is 5.76 Å². The number of rotatable bonds is 5. The predicted octanol–water partition coefficient (Wildman–Crippen LogP) is 1.50. The normalized spacial score (nSPS) is 15.1. The maximum Gasteiger partial charge on any atom is 0.276 e. The Balaban J connectivity index is 1.49. The van der Waals surface area contributed by atoms with Crippen molar-refractivity contribution < 1.29 is 14.0 Å². The molecule has 1 fully saturated rings. The second kappa shape index (κ2) is 8.07. The quantitative estimate of drug-likeness (QED) is 0.870. The summed E-state index contributed by atoms with van der Waals surface area (Å²) in [6.45, 7) is 5.04. The maximum absolute atomic E-state index is 12.4. The third kappa shape index (κ3) is 4.44. The summed E-state index contributed by atoms with van der Waals surface area (Å²) >= 11 is 0. The number of likely N-dealkylation sites (tertiary alicyclic amines) is 1. The number of piperidine rings is 1. The largest absolute Gasteiger partial charge is 0.448 e. The van der Waals surface area contributed by atoms with Gasteiger partial charge in [0, 0.05) is 26.2 Å². The van der Waals surface area contributed by atoms with E-state index >= 15 is 0 Å². The molecule has 0 unspecified atom stereocenters. The molecule has 0 aromatic carbocycles. The van der Waals surface area contributed by atoms with Crippen LogP contribution in [-0.2, 0) is 17.8 Å². The summed E-state index contributed by atoms with van der Waals surface area (Å²) in [5.74, 6) is 0.898. The highest BCUT2D eigenvalue weighted by Crippen LogP contribution is 2.22. The fourth-order valence-corrected chi connectivity index (χ4v) is 3.09. The lowest BCUT2D eigenvalue weighted by atomic mass is 9.92. The van der Waals surface area contributed by atoms with Crippen molar-refractivity contribution in [2.24, 2.45) is 5.92 Å². The van der Waals surface area contributed by atoms with Crippen LogP contribution in [0.5, 0.6) is 0 Å². The molecular formula is C18H23N5O3. The SMILES string of the molecule is CC(=O)NCc1cnc(CC2CCN(C(=O)c3ncoc3C)CC2)cn1. The fourth-order valence-electron chi connectivity index (χ4n) is 3.09. The van der Waals surface area contributed by atoms with Crippen LogP contribution in [0.4, 0.5) is 0 Å². The van der Waals surface area contributed by atoms with Crippen molar-refractivity contribution in [3.05, 3.63) is 41.6 Å². The van der Waals surface area contributed by atoms with Gasteiger partial charge in [-0.3, -0.25) is 19.6 Å². The van der Waals surface area contributed by atoms with E-state index in [-0.39, 0.29) is 11.8 Å². The van der Waals surface area contributed by atoms with Gasteiger partial charge in [-0.25, -0.2) is 4.98 Å². The predicted molar refractivity (Wildman–Crippen MR) is 93.1 cm³/mol. The molecule has 1 aliphatic rings. The minimum Gasteiger partial charge on any atom is -0.448 e. The van der Waals surface area contributed by atoms with E-state index in [0.717, 1.165) is 30.7 Å². The van der Waals surface area contributed by atoms with Crippen molar-refractivity contribution in [1.82, 2.24) is 25.2 Å². The molecule has 1 N–H and O–H groups in total. The number of aromatic nitrogens is 3. The molecule has 0 spiro atoms. The third-order valence-electron chi connectivity index (χ3n) is 4.62. The van der Waals surface area contributed by atoms with E-state index < -0.39 is 0 Å². The van der Waals surface area contributed by atoms with E-state index in [1.54, 1.807) is 19.3 Å². The summed E-state index contributed by atoms with van der Waals surface area (Å²) in [5, 5.41) is 2.70. The smallest absolute Gasteiger partial charge is 0.276 e. The zero-order valence-corrected chi connectivity index (χ0v) is 15.1. The van der Waals surface area contributed by atoms with Gasteiger partial charge in [0.15, 0.2) is 12.1 Å². The molecule has 2 aromatic rings. The Labute approximate surface area is 152 Å². The van der Waals surface area contributed by atoms with Gasteiger partial charge in [-0.2, -0.15) is 0 Å². The van der Waals surface area contributed by atoms with Crippen LogP contribution in [0.3, 0.4) is 0 Å². The first kappa shape index (κ1) is 18.0. The molecular weight excluding hydrogens is 334 g/mol. The summed E-state index contributed by atoms with van der Waals surface area (Å²) in [6.07, 6.45) is 7.49. The first-order valence-corrected chi connectivity index (χ1v) is 8.76. The fraction of sp³-hybridized carbons (Fsp3) is 0.500. The number of carbonyl (C=O) groups excluding carboxylic acids is 2. The minimum absolute atomic E-state index is 0.0585. The molecule has 1 aliphatic heterocycles. The number of nitrogens with zero attached hydrogens (tertiary/aromatic N) is 4. The van der Waals surface area contributed by atoms with E-state index in [1.165, 1.54) is 13.3 Å². The number of carbonyl (C=O) groups is 2. The Bertz CT molecular complexity index is 763. The lowest BCUT2D eigenvalue weighted by molar-refractivity contribution is -0.119. The number of hydrogen-bond donors (Lipinski definition) is 1. The molecule has 0 bridgehead atoms. The number of oxazole rings is 1. The van der Waals surface area contributed by atoms with Gasteiger partial charge in [-0.05, 0) is 32.1 Å². The van der Waals surface area contributed by atoms with E-state index in [2.05, 4.69) is 20.3 Å². The lowest BCUT2D eigenvalue weighted by Crippen LogP contribution is -2.39. The van der Waals surface area contributed by atoms with Crippen LogP contribution in [0.25, 0.3) is 0 Å². The Morgan fingerprint density at radius 3 is 2.46 bits per heavy atom. The topological polar surface area (TPSA) is 101 Å². The Morgan fingerprint density at radius 1 is 1.19 bits per heavy atom. The summed E-state index contributed by atoms with van der Waals surface area (Å²) in [5.41, 5.74) is 2.09. The second-order valence-corrected chi connectivity index (χ2v) is 6.61. The van der Waals surface area contributed by atoms with Crippen LogP contribution < -0.4 is 5.32 Å². The first-order chi connectivity index (χ1) is 12.5. The average Bonchev–Trinajstić information content (AvgIpc) is 3.07. The summed E-state index contributed by atoms with van der Waals surface area (Å²) in [4.78, 5) is 38.0. The van der Waals surface area contributed by atoms with Crippen molar-refractivity contribution in [2.75, 3.05) is 13.1 Å². The Kier molecular flexibility index (Phi) is 5.60. The molecule has 8 nitrogen and oxygen atoms in total. The summed E-state index contributed by atoms with van der Waals surface area (Å²) in [6, 6.07) is 0. The highest BCUT2D eigenvalue weighted by molar-refractivity contribution is 5.93. The molecule has 3 heterocycles.